The fourth-order valence-corrected chi connectivity index (χ4v) is 2.78. The van der Waals surface area contributed by atoms with Crippen molar-refractivity contribution in [3.8, 4) is 11.3 Å². The summed E-state index contributed by atoms with van der Waals surface area (Å²) in [4.78, 5) is 14.3. The fraction of sp³-hybridized carbons (Fsp3) is 0.158. The van der Waals surface area contributed by atoms with Crippen molar-refractivity contribution in [1.82, 2.24) is 15.1 Å². The average molecular weight is 384 g/mol. The molecule has 0 saturated carbocycles. The third-order valence-electron chi connectivity index (χ3n) is 3.96. The molecule has 1 heterocycles. The zero-order valence-electron chi connectivity index (χ0n) is 13.6. The Hall–Kier alpha value is -2.40. The number of benzene rings is 2. The number of nitrogens with zero attached hydrogens (tertiary/aromatic N) is 2. The predicted octanol–water partition coefficient (Wildman–Crippen LogP) is 4.42. The molecule has 24 heavy (non-hydrogen) atoms. The van der Waals surface area contributed by atoms with Gasteiger partial charge in [-0.3, -0.25) is 9.89 Å². The second-order valence-corrected chi connectivity index (χ2v) is 6.68. The Labute approximate surface area is 149 Å². The van der Waals surface area contributed by atoms with E-state index in [1.807, 2.05) is 42.5 Å². The number of carbonyl (C=O) groups excluding carboxylic acids is 1. The minimum absolute atomic E-state index is 0.0749. The number of amides is 1. The molecule has 4 nitrogen and oxygen atoms in total. The van der Waals surface area contributed by atoms with Gasteiger partial charge in [-0.2, -0.15) is 5.10 Å². The Bertz CT molecular complexity index is 855. The maximum Gasteiger partial charge on any atom is 0.271 e. The fourth-order valence-electron chi connectivity index (χ4n) is 2.52. The van der Waals surface area contributed by atoms with Crippen LogP contribution in [-0.2, 0) is 6.54 Å². The van der Waals surface area contributed by atoms with Crippen LogP contribution in [0, 0.1) is 6.92 Å². The topological polar surface area (TPSA) is 49.0 Å². The highest BCUT2D eigenvalue weighted by molar-refractivity contribution is 9.10. The van der Waals surface area contributed by atoms with Crippen LogP contribution >= 0.6 is 15.9 Å². The standard InChI is InChI=1S/C19H18BrN3O/c1-13-5-3-4-6-15(13)12-23(2)19(24)18-11-17(21-22-18)14-7-9-16(20)10-8-14/h3-11H,12H2,1-2H3,(H,21,22). The summed E-state index contributed by atoms with van der Waals surface area (Å²) >= 11 is 3.41. The maximum absolute atomic E-state index is 12.6. The first kappa shape index (κ1) is 16.5. The Kier molecular flexibility index (Phi) is 4.81. The zero-order valence-corrected chi connectivity index (χ0v) is 15.2. The molecule has 0 aliphatic carbocycles. The summed E-state index contributed by atoms with van der Waals surface area (Å²) in [6.45, 7) is 2.62. The number of hydrogen-bond acceptors (Lipinski definition) is 2. The van der Waals surface area contributed by atoms with E-state index in [-0.39, 0.29) is 5.91 Å². The molecule has 0 saturated heterocycles. The van der Waals surface area contributed by atoms with E-state index in [0.717, 1.165) is 21.3 Å². The smallest absolute Gasteiger partial charge is 0.271 e. The minimum atomic E-state index is -0.0749. The van der Waals surface area contributed by atoms with Crippen molar-refractivity contribution >= 4 is 21.8 Å². The van der Waals surface area contributed by atoms with Gasteiger partial charge in [0, 0.05) is 23.6 Å². The highest BCUT2D eigenvalue weighted by Crippen LogP contribution is 2.21. The van der Waals surface area contributed by atoms with E-state index >= 15 is 0 Å². The summed E-state index contributed by atoms with van der Waals surface area (Å²) in [6.07, 6.45) is 0. The van der Waals surface area contributed by atoms with E-state index in [4.69, 9.17) is 0 Å². The molecule has 0 spiro atoms. The summed E-state index contributed by atoms with van der Waals surface area (Å²) in [5.74, 6) is -0.0749. The molecule has 3 rings (SSSR count). The number of carbonyl (C=O) groups is 1. The van der Waals surface area contributed by atoms with Gasteiger partial charge in [0.2, 0.25) is 0 Å². The molecule has 0 radical (unpaired) electrons. The summed E-state index contributed by atoms with van der Waals surface area (Å²) in [7, 11) is 1.80. The van der Waals surface area contributed by atoms with Crippen LogP contribution in [-0.4, -0.2) is 28.1 Å². The Morgan fingerprint density at radius 2 is 1.88 bits per heavy atom. The highest BCUT2D eigenvalue weighted by atomic mass is 79.9. The van der Waals surface area contributed by atoms with Gasteiger partial charge in [-0.25, -0.2) is 0 Å². The Morgan fingerprint density at radius 3 is 2.58 bits per heavy atom. The van der Waals surface area contributed by atoms with E-state index in [2.05, 4.69) is 39.1 Å². The number of aromatic amines is 1. The van der Waals surface area contributed by atoms with Crippen molar-refractivity contribution in [3.05, 3.63) is 75.9 Å². The molecule has 0 bridgehead atoms. The van der Waals surface area contributed by atoms with E-state index in [9.17, 15) is 4.79 Å². The molecule has 0 aliphatic heterocycles. The van der Waals surface area contributed by atoms with Crippen molar-refractivity contribution in [2.45, 2.75) is 13.5 Å². The molecular weight excluding hydrogens is 366 g/mol. The normalized spacial score (nSPS) is 10.6. The van der Waals surface area contributed by atoms with Crippen molar-refractivity contribution < 1.29 is 4.79 Å². The minimum Gasteiger partial charge on any atom is -0.336 e. The zero-order chi connectivity index (χ0) is 17.1. The Balaban J connectivity index is 1.75. The molecule has 2 aromatic carbocycles. The van der Waals surface area contributed by atoms with Crippen LogP contribution in [0.1, 0.15) is 21.6 Å². The van der Waals surface area contributed by atoms with Crippen LogP contribution in [0.15, 0.2) is 59.1 Å². The number of H-pyrrole nitrogens is 1. The number of halogens is 1. The van der Waals surface area contributed by atoms with Gasteiger partial charge in [-0.1, -0.05) is 52.3 Å². The highest BCUT2D eigenvalue weighted by Gasteiger charge is 2.16. The van der Waals surface area contributed by atoms with E-state index < -0.39 is 0 Å². The number of aromatic nitrogens is 2. The van der Waals surface area contributed by atoms with Gasteiger partial charge >= 0.3 is 0 Å². The van der Waals surface area contributed by atoms with Crippen molar-refractivity contribution in [2.75, 3.05) is 7.05 Å². The van der Waals surface area contributed by atoms with Crippen LogP contribution < -0.4 is 0 Å². The SMILES string of the molecule is Cc1ccccc1CN(C)C(=O)c1cc(-c2ccc(Br)cc2)n[nH]1. The third-order valence-corrected chi connectivity index (χ3v) is 4.49. The van der Waals surface area contributed by atoms with E-state index in [1.54, 1.807) is 18.0 Å². The third kappa shape index (κ3) is 3.57. The number of nitrogens with one attached hydrogen (secondary N) is 1. The van der Waals surface area contributed by atoms with Crippen LogP contribution in [0.2, 0.25) is 0 Å². The molecule has 0 atom stereocenters. The first-order valence-corrected chi connectivity index (χ1v) is 8.45. The largest absolute Gasteiger partial charge is 0.336 e. The Morgan fingerprint density at radius 1 is 1.17 bits per heavy atom. The molecule has 122 valence electrons. The lowest BCUT2D eigenvalue weighted by Gasteiger charge is -2.17. The van der Waals surface area contributed by atoms with Gasteiger partial charge < -0.3 is 4.90 Å². The summed E-state index contributed by atoms with van der Waals surface area (Å²) < 4.78 is 1.01. The van der Waals surface area contributed by atoms with Crippen LogP contribution in [0.5, 0.6) is 0 Å². The lowest BCUT2D eigenvalue weighted by Crippen LogP contribution is -2.26. The number of hydrogen-bond donors (Lipinski definition) is 1. The first-order chi connectivity index (χ1) is 11.5. The number of aryl methyl sites for hydroxylation is 1. The van der Waals surface area contributed by atoms with Crippen LogP contribution in [0.4, 0.5) is 0 Å². The van der Waals surface area contributed by atoms with E-state index in [0.29, 0.717) is 12.2 Å². The van der Waals surface area contributed by atoms with Gasteiger partial charge in [0.15, 0.2) is 0 Å². The summed E-state index contributed by atoms with van der Waals surface area (Å²) in [6, 6.07) is 17.7. The summed E-state index contributed by atoms with van der Waals surface area (Å²) in [5, 5.41) is 7.10. The van der Waals surface area contributed by atoms with Crippen molar-refractivity contribution in [1.29, 1.82) is 0 Å². The molecule has 3 aromatic rings. The molecular formula is C19H18BrN3O. The van der Waals surface area contributed by atoms with Crippen LogP contribution in [0.3, 0.4) is 0 Å². The van der Waals surface area contributed by atoms with Crippen molar-refractivity contribution in [2.24, 2.45) is 0 Å². The predicted molar refractivity (Wildman–Crippen MR) is 98.7 cm³/mol. The summed E-state index contributed by atoms with van der Waals surface area (Å²) in [5.41, 5.74) is 4.53. The van der Waals surface area contributed by atoms with Gasteiger partial charge in [-0.05, 0) is 36.2 Å². The quantitative estimate of drug-likeness (QED) is 0.724. The van der Waals surface area contributed by atoms with Crippen LogP contribution in [0.25, 0.3) is 11.3 Å². The van der Waals surface area contributed by atoms with E-state index in [1.165, 1.54) is 5.56 Å². The second kappa shape index (κ2) is 7.01. The maximum atomic E-state index is 12.6. The van der Waals surface area contributed by atoms with Crippen molar-refractivity contribution in [3.63, 3.8) is 0 Å². The average Bonchev–Trinajstić information content (AvgIpc) is 3.07. The molecule has 1 amide bonds. The van der Waals surface area contributed by atoms with Gasteiger partial charge in [0.1, 0.15) is 5.69 Å². The molecule has 0 aliphatic rings. The number of rotatable bonds is 4. The monoisotopic (exact) mass is 383 g/mol. The lowest BCUT2D eigenvalue weighted by molar-refractivity contribution is 0.0779. The molecule has 0 fully saturated rings. The first-order valence-electron chi connectivity index (χ1n) is 7.66. The lowest BCUT2D eigenvalue weighted by atomic mass is 10.1. The molecule has 1 aromatic heterocycles. The van der Waals surface area contributed by atoms with Gasteiger partial charge in [-0.15, -0.1) is 0 Å². The second-order valence-electron chi connectivity index (χ2n) is 5.76. The van der Waals surface area contributed by atoms with Gasteiger partial charge in [0.25, 0.3) is 5.91 Å². The van der Waals surface area contributed by atoms with Gasteiger partial charge in [0.05, 0.1) is 5.69 Å². The molecule has 0 unspecified atom stereocenters. The molecule has 1 N–H and O–H groups in total. The molecule has 5 heteroatoms.